The van der Waals surface area contributed by atoms with Crippen LogP contribution < -0.4 is 5.32 Å². The van der Waals surface area contributed by atoms with E-state index in [2.05, 4.69) is 5.32 Å². The van der Waals surface area contributed by atoms with Gasteiger partial charge in [0.05, 0.1) is 5.75 Å². The predicted molar refractivity (Wildman–Crippen MR) is 67.1 cm³/mol. The lowest BCUT2D eigenvalue weighted by Crippen LogP contribution is -2.42. The molecular weight excluding hydrogens is 240 g/mol. The number of nitrogens with one attached hydrogen (secondary N) is 1. The van der Waals surface area contributed by atoms with Crippen molar-refractivity contribution in [3.63, 3.8) is 0 Å². The molecule has 100 valence electrons. The standard InChI is InChI=1S/C11H22N2O3S/c1-2-3-6-11(14)12-7-9-13-8-4-5-10-17(13,15)16/h2-10H2,1H3,(H,12,14). The summed E-state index contributed by atoms with van der Waals surface area (Å²) in [5, 5.41) is 2.76. The third-order valence-corrected chi connectivity index (χ3v) is 4.85. The van der Waals surface area contributed by atoms with Crippen LogP contribution in [0.5, 0.6) is 0 Å². The monoisotopic (exact) mass is 262 g/mol. The molecule has 1 N–H and O–H groups in total. The molecule has 0 spiro atoms. The number of sulfonamides is 1. The third kappa shape index (κ3) is 5.04. The van der Waals surface area contributed by atoms with E-state index in [1.807, 2.05) is 6.92 Å². The number of unbranched alkanes of at least 4 members (excludes halogenated alkanes) is 1. The van der Waals surface area contributed by atoms with Gasteiger partial charge in [-0.05, 0) is 19.3 Å². The lowest BCUT2D eigenvalue weighted by atomic mass is 10.2. The van der Waals surface area contributed by atoms with Gasteiger partial charge in [0, 0.05) is 26.1 Å². The van der Waals surface area contributed by atoms with Crippen LogP contribution in [0.1, 0.15) is 39.0 Å². The van der Waals surface area contributed by atoms with Crippen molar-refractivity contribution in [3.8, 4) is 0 Å². The molecule has 0 atom stereocenters. The van der Waals surface area contributed by atoms with Gasteiger partial charge in [0.15, 0.2) is 0 Å². The topological polar surface area (TPSA) is 66.5 Å². The van der Waals surface area contributed by atoms with E-state index in [0.29, 0.717) is 26.1 Å². The van der Waals surface area contributed by atoms with Gasteiger partial charge in [-0.2, -0.15) is 0 Å². The maximum atomic E-state index is 11.6. The fourth-order valence-electron chi connectivity index (χ4n) is 1.84. The van der Waals surface area contributed by atoms with Gasteiger partial charge >= 0.3 is 0 Å². The zero-order valence-corrected chi connectivity index (χ0v) is 11.3. The van der Waals surface area contributed by atoms with Crippen LogP contribution >= 0.6 is 0 Å². The summed E-state index contributed by atoms with van der Waals surface area (Å²) >= 11 is 0. The summed E-state index contributed by atoms with van der Waals surface area (Å²) in [5.74, 6) is 0.262. The van der Waals surface area contributed by atoms with Crippen LogP contribution in [0.15, 0.2) is 0 Å². The Labute approximate surface area is 104 Å². The molecule has 6 heteroatoms. The molecule has 1 aliphatic rings. The van der Waals surface area contributed by atoms with Crippen LogP contribution in [0, 0.1) is 0 Å². The van der Waals surface area contributed by atoms with E-state index >= 15 is 0 Å². The summed E-state index contributed by atoms with van der Waals surface area (Å²) in [6, 6.07) is 0. The van der Waals surface area contributed by atoms with Crippen LogP contribution in [0.4, 0.5) is 0 Å². The molecule has 1 rings (SSSR count). The molecule has 0 radical (unpaired) electrons. The number of rotatable bonds is 6. The molecule has 1 heterocycles. The minimum atomic E-state index is -3.06. The van der Waals surface area contributed by atoms with Crippen molar-refractivity contribution >= 4 is 15.9 Å². The molecule has 0 aliphatic carbocycles. The van der Waals surface area contributed by atoms with Gasteiger partial charge in [-0.15, -0.1) is 0 Å². The van der Waals surface area contributed by atoms with Gasteiger partial charge in [0.25, 0.3) is 0 Å². The maximum Gasteiger partial charge on any atom is 0.220 e. The first-order chi connectivity index (χ1) is 8.06. The fraction of sp³-hybridized carbons (Fsp3) is 0.909. The average Bonchev–Trinajstić information content (AvgIpc) is 2.28. The minimum absolute atomic E-state index is 0.0151. The maximum absolute atomic E-state index is 11.6. The molecule has 1 aliphatic heterocycles. The quantitative estimate of drug-likeness (QED) is 0.767. The summed E-state index contributed by atoms with van der Waals surface area (Å²) in [7, 11) is -3.06. The second-order valence-corrected chi connectivity index (χ2v) is 6.46. The Morgan fingerprint density at radius 2 is 2.12 bits per heavy atom. The summed E-state index contributed by atoms with van der Waals surface area (Å²) in [6.45, 7) is 3.45. The Bertz CT molecular complexity index is 341. The van der Waals surface area contributed by atoms with E-state index < -0.39 is 10.0 Å². The van der Waals surface area contributed by atoms with Crippen LogP contribution in [0.2, 0.25) is 0 Å². The molecule has 0 aromatic carbocycles. The zero-order chi connectivity index (χ0) is 12.7. The number of amides is 1. The second kappa shape index (κ2) is 6.96. The largest absolute Gasteiger partial charge is 0.355 e. The highest BCUT2D eigenvalue weighted by Gasteiger charge is 2.24. The lowest BCUT2D eigenvalue weighted by Gasteiger charge is -2.26. The summed E-state index contributed by atoms with van der Waals surface area (Å²) in [5.41, 5.74) is 0. The smallest absolute Gasteiger partial charge is 0.220 e. The molecule has 17 heavy (non-hydrogen) atoms. The average molecular weight is 262 g/mol. The highest BCUT2D eigenvalue weighted by molar-refractivity contribution is 7.89. The first-order valence-electron chi connectivity index (χ1n) is 6.31. The zero-order valence-electron chi connectivity index (χ0n) is 10.4. The number of hydrogen-bond acceptors (Lipinski definition) is 3. The second-order valence-electron chi connectivity index (χ2n) is 4.38. The van der Waals surface area contributed by atoms with Crippen LogP contribution in [0.3, 0.4) is 0 Å². The van der Waals surface area contributed by atoms with Crippen molar-refractivity contribution in [1.82, 2.24) is 9.62 Å². The molecule has 0 aromatic rings. The highest BCUT2D eigenvalue weighted by Crippen LogP contribution is 2.12. The first-order valence-corrected chi connectivity index (χ1v) is 7.91. The Morgan fingerprint density at radius 3 is 2.76 bits per heavy atom. The summed E-state index contributed by atoms with van der Waals surface area (Å²) in [4.78, 5) is 11.3. The molecule has 5 nitrogen and oxygen atoms in total. The van der Waals surface area contributed by atoms with E-state index in [9.17, 15) is 13.2 Å². The van der Waals surface area contributed by atoms with Crippen molar-refractivity contribution in [2.75, 3.05) is 25.4 Å². The molecule has 0 unspecified atom stereocenters. The van der Waals surface area contributed by atoms with Crippen molar-refractivity contribution in [3.05, 3.63) is 0 Å². The van der Waals surface area contributed by atoms with Gasteiger partial charge < -0.3 is 5.32 Å². The molecule has 1 amide bonds. The van der Waals surface area contributed by atoms with Crippen LogP contribution in [-0.4, -0.2) is 44.0 Å². The van der Waals surface area contributed by atoms with E-state index in [1.165, 1.54) is 4.31 Å². The lowest BCUT2D eigenvalue weighted by molar-refractivity contribution is -0.121. The Balaban J connectivity index is 2.24. The number of carbonyl (C=O) groups is 1. The Kier molecular flexibility index (Phi) is 5.91. The van der Waals surface area contributed by atoms with Crippen molar-refractivity contribution < 1.29 is 13.2 Å². The Hall–Kier alpha value is -0.620. The van der Waals surface area contributed by atoms with Crippen molar-refractivity contribution in [2.45, 2.75) is 39.0 Å². The Morgan fingerprint density at radius 1 is 1.35 bits per heavy atom. The normalized spacial score (nSPS) is 20.1. The minimum Gasteiger partial charge on any atom is -0.355 e. The number of nitrogens with zero attached hydrogens (tertiary/aromatic N) is 1. The van der Waals surface area contributed by atoms with Crippen molar-refractivity contribution in [2.24, 2.45) is 0 Å². The predicted octanol–water partition coefficient (Wildman–Crippen LogP) is 0.718. The van der Waals surface area contributed by atoms with Crippen LogP contribution in [-0.2, 0) is 14.8 Å². The van der Waals surface area contributed by atoms with Crippen LogP contribution in [0.25, 0.3) is 0 Å². The molecule has 1 fully saturated rings. The summed E-state index contributed by atoms with van der Waals surface area (Å²) in [6.07, 6.45) is 4.08. The molecule has 1 saturated heterocycles. The van der Waals surface area contributed by atoms with Gasteiger partial charge in [-0.3, -0.25) is 4.79 Å². The van der Waals surface area contributed by atoms with E-state index in [4.69, 9.17) is 0 Å². The molecule has 0 saturated carbocycles. The van der Waals surface area contributed by atoms with Gasteiger partial charge in [-0.25, -0.2) is 12.7 Å². The SMILES string of the molecule is CCCCC(=O)NCCN1CCCCS1(=O)=O. The van der Waals surface area contributed by atoms with Gasteiger partial charge in [-0.1, -0.05) is 13.3 Å². The van der Waals surface area contributed by atoms with Crippen molar-refractivity contribution in [1.29, 1.82) is 0 Å². The number of hydrogen-bond donors (Lipinski definition) is 1. The van der Waals surface area contributed by atoms with Gasteiger partial charge in [0.2, 0.25) is 15.9 Å². The fourth-order valence-corrected chi connectivity index (χ4v) is 3.44. The summed E-state index contributed by atoms with van der Waals surface area (Å²) < 4.78 is 24.8. The molecule has 0 aromatic heterocycles. The molecule has 0 bridgehead atoms. The van der Waals surface area contributed by atoms with E-state index in [-0.39, 0.29) is 11.7 Å². The number of carbonyl (C=O) groups excluding carboxylic acids is 1. The van der Waals surface area contributed by atoms with Gasteiger partial charge in [0.1, 0.15) is 0 Å². The first kappa shape index (κ1) is 14.4. The highest BCUT2D eigenvalue weighted by atomic mass is 32.2. The van der Waals surface area contributed by atoms with E-state index in [0.717, 1.165) is 25.7 Å². The molecular formula is C11H22N2O3S. The van der Waals surface area contributed by atoms with E-state index in [1.54, 1.807) is 0 Å². The third-order valence-electron chi connectivity index (χ3n) is 2.89.